The molecule has 0 aliphatic heterocycles. The van der Waals surface area contributed by atoms with Crippen molar-refractivity contribution < 1.29 is 13.2 Å². The lowest BCUT2D eigenvalue weighted by atomic mass is 10.2. The molecule has 0 radical (unpaired) electrons. The molecule has 0 aliphatic rings. The van der Waals surface area contributed by atoms with Gasteiger partial charge in [0.2, 0.25) is 0 Å². The van der Waals surface area contributed by atoms with E-state index in [1.807, 2.05) is 19.1 Å². The molecule has 0 saturated heterocycles. The Hall–Kier alpha value is -2.10. The summed E-state index contributed by atoms with van der Waals surface area (Å²) in [6.07, 6.45) is 0. The predicted molar refractivity (Wildman–Crippen MR) is 121 cm³/mol. The van der Waals surface area contributed by atoms with E-state index in [0.29, 0.717) is 22.0 Å². The van der Waals surface area contributed by atoms with Gasteiger partial charge in [0.15, 0.2) is 0 Å². The summed E-state index contributed by atoms with van der Waals surface area (Å²) in [7, 11) is -3.77. The lowest BCUT2D eigenvalue weighted by Crippen LogP contribution is -2.14. The normalized spacial score (nSPS) is 11.1. The molecule has 8 heteroatoms. The third-order valence-electron chi connectivity index (χ3n) is 3.95. The van der Waals surface area contributed by atoms with Gasteiger partial charge in [0.1, 0.15) is 0 Å². The lowest BCUT2D eigenvalue weighted by molar-refractivity contribution is 0.102. The lowest BCUT2D eigenvalue weighted by Gasteiger charge is -2.10. The van der Waals surface area contributed by atoms with Crippen LogP contribution in [0.3, 0.4) is 0 Å². The molecule has 144 valence electrons. The highest BCUT2D eigenvalue weighted by Crippen LogP contribution is 2.23. The molecule has 0 aliphatic carbocycles. The maximum Gasteiger partial charge on any atom is 0.261 e. The van der Waals surface area contributed by atoms with Crippen molar-refractivity contribution in [2.75, 3.05) is 10.0 Å². The van der Waals surface area contributed by atoms with Gasteiger partial charge < -0.3 is 5.32 Å². The summed E-state index contributed by atoms with van der Waals surface area (Å²) in [6.45, 7) is 1.84. The zero-order valence-electron chi connectivity index (χ0n) is 14.7. The fourth-order valence-electron chi connectivity index (χ4n) is 2.39. The summed E-state index contributed by atoms with van der Waals surface area (Å²) >= 11 is 8.21. The number of sulfonamides is 1. The molecule has 0 unspecified atom stereocenters. The van der Waals surface area contributed by atoms with E-state index in [-0.39, 0.29) is 10.8 Å². The topological polar surface area (TPSA) is 75.3 Å². The Balaban J connectivity index is 1.72. The maximum absolute atomic E-state index is 12.5. The van der Waals surface area contributed by atoms with Crippen LogP contribution in [0.25, 0.3) is 0 Å². The standard InChI is InChI=1S/C20H16ClIN2O3S/c1-13-2-7-17(12-19(13)21)24-28(26,27)18-10-8-16(9-11-18)23-20(25)14-3-5-15(22)6-4-14/h2-12,24H,1H3,(H,23,25). The highest BCUT2D eigenvalue weighted by atomic mass is 127. The van der Waals surface area contributed by atoms with Crippen molar-refractivity contribution in [3.05, 3.63) is 86.4 Å². The first kappa shape index (κ1) is 20.6. The number of hydrogen-bond acceptors (Lipinski definition) is 3. The minimum atomic E-state index is -3.77. The molecule has 0 atom stereocenters. The predicted octanol–water partition coefficient (Wildman–Crippen LogP) is 5.31. The Morgan fingerprint density at radius 3 is 2.14 bits per heavy atom. The second-order valence-corrected chi connectivity index (χ2v) is 9.39. The Morgan fingerprint density at radius 1 is 0.929 bits per heavy atom. The van der Waals surface area contributed by atoms with E-state index in [2.05, 4.69) is 32.6 Å². The largest absolute Gasteiger partial charge is 0.322 e. The van der Waals surface area contributed by atoms with Crippen LogP contribution in [0.1, 0.15) is 15.9 Å². The second kappa shape index (κ2) is 8.50. The third kappa shape index (κ3) is 5.03. The molecule has 3 aromatic carbocycles. The van der Waals surface area contributed by atoms with Crippen molar-refractivity contribution in [3.63, 3.8) is 0 Å². The van der Waals surface area contributed by atoms with Crippen LogP contribution in [0.15, 0.2) is 71.6 Å². The van der Waals surface area contributed by atoms with Crippen LogP contribution in [0, 0.1) is 10.5 Å². The molecule has 0 heterocycles. The fraction of sp³-hybridized carbons (Fsp3) is 0.0500. The monoisotopic (exact) mass is 526 g/mol. The number of amides is 1. The average molecular weight is 527 g/mol. The third-order valence-corrected chi connectivity index (χ3v) is 6.48. The van der Waals surface area contributed by atoms with E-state index >= 15 is 0 Å². The highest BCUT2D eigenvalue weighted by molar-refractivity contribution is 14.1. The molecule has 28 heavy (non-hydrogen) atoms. The zero-order chi connectivity index (χ0) is 20.3. The number of rotatable bonds is 5. The number of carbonyl (C=O) groups excluding carboxylic acids is 1. The molecule has 0 spiro atoms. The van der Waals surface area contributed by atoms with Gasteiger partial charge in [0, 0.05) is 19.8 Å². The summed E-state index contributed by atoms with van der Waals surface area (Å²) in [5, 5.41) is 3.23. The van der Waals surface area contributed by atoms with Crippen molar-refractivity contribution in [1.29, 1.82) is 0 Å². The number of halogens is 2. The molecule has 2 N–H and O–H groups in total. The van der Waals surface area contributed by atoms with Gasteiger partial charge in [-0.25, -0.2) is 8.42 Å². The summed E-state index contributed by atoms with van der Waals surface area (Å²) in [4.78, 5) is 12.3. The first-order valence-electron chi connectivity index (χ1n) is 8.20. The Kier molecular flexibility index (Phi) is 6.26. The molecule has 0 aromatic heterocycles. The smallest absolute Gasteiger partial charge is 0.261 e. The minimum absolute atomic E-state index is 0.0801. The summed E-state index contributed by atoms with van der Waals surface area (Å²) in [5.74, 6) is -0.264. The Labute approximate surface area is 182 Å². The number of anilines is 2. The zero-order valence-corrected chi connectivity index (χ0v) is 18.5. The van der Waals surface area contributed by atoms with Crippen molar-refractivity contribution >= 4 is 61.5 Å². The highest BCUT2D eigenvalue weighted by Gasteiger charge is 2.15. The number of hydrogen-bond donors (Lipinski definition) is 2. The van der Waals surface area contributed by atoms with Crippen LogP contribution in [0.2, 0.25) is 5.02 Å². The van der Waals surface area contributed by atoms with Crippen molar-refractivity contribution in [1.82, 2.24) is 0 Å². The second-order valence-electron chi connectivity index (χ2n) is 6.05. The molecule has 3 rings (SSSR count). The van der Waals surface area contributed by atoms with Crippen LogP contribution in [0.4, 0.5) is 11.4 Å². The quantitative estimate of drug-likeness (QED) is 0.443. The van der Waals surface area contributed by atoms with Gasteiger partial charge in [-0.3, -0.25) is 9.52 Å². The summed E-state index contributed by atoms with van der Waals surface area (Å²) in [6, 6.07) is 18.0. The van der Waals surface area contributed by atoms with E-state index < -0.39 is 10.0 Å². The van der Waals surface area contributed by atoms with Crippen LogP contribution >= 0.6 is 34.2 Å². The first-order valence-corrected chi connectivity index (χ1v) is 11.1. The molecule has 3 aromatic rings. The number of carbonyl (C=O) groups is 1. The molecule has 0 bridgehead atoms. The van der Waals surface area contributed by atoms with E-state index in [4.69, 9.17) is 11.6 Å². The number of aryl methyl sites for hydroxylation is 1. The van der Waals surface area contributed by atoms with E-state index in [0.717, 1.165) is 9.13 Å². The van der Waals surface area contributed by atoms with Gasteiger partial charge in [-0.1, -0.05) is 17.7 Å². The molecule has 5 nitrogen and oxygen atoms in total. The van der Waals surface area contributed by atoms with Crippen LogP contribution < -0.4 is 10.0 Å². The van der Waals surface area contributed by atoms with Crippen molar-refractivity contribution in [2.45, 2.75) is 11.8 Å². The van der Waals surface area contributed by atoms with Gasteiger partial charge in [0.05, 0.1) is 10.6 Å². The average Bonchev–Trinajstić information content (AvgIpc) is 2.65. The van der Waals surface area contributed by atoms with Gasteiger partial charge in [0.25, 0.3) is 15.9 Å². The number of nitrogens with one attached hydrogen (secondary N) is 2. The maximum atomic E-state index is 12.5. The molecule has 1 amide bonds. The summed E-state index contributed by atoms with van der Waals surface area (Å²) in [5.41, 5.74) is 2.26. The molecule has 0 fully saturated rings. The van der Waals surface area contributed by atoms with Crippen molar-refractivity contribution in [2.24, 2.45) is 0 Å². The van der Waals surface area contributed by atoms with E-state index in [1.54, 1.807) is 42.5 Å². The molecular formula is C20H16ClIN2O3S. The minimum Gasteiger partial charge on any atom is -0.322 e. The number of benzene rings is 3. The molecule has 0 saturated carbocycles. The Morgan fingerprint density at radius 2 is 1.54 bits per heavy atom. The van der Waals surface area contributed by atoms with Crippen molar-refractivity contribution in [3.8, 4) is 0 Å². The summed E-state index contributed by atoms with van der Waals surface area (Å²) < 4.78 is 28.6. The van der Waals surface area contributed by atoms with Gasteiger partial charge >= 0.3 is 0 Å². The molecular weight excluding hydrogens is 511 g/mol. The van der Waals surface area contributed by atoms with Gasteiger partial charge in [-0.15, -0.1) is 0 Å². The van der Waals surface area contributed by atoms with Crippen LogP contribution in [0.5, 0.6) is 0 Å². The van der Waals surface area contributed by atoms with Gasteiger partial charge in [-0.05, 0) is 95.7 Å². The first-order chi connectivity index (χ1) is 13.2. The van der Waals surface area contributed by atoms with E-state index in [9.17, 15) is 13.2 Å². The van der Waals surface area contributed by atoms with E-state index in [1.165, 1.54) is 12.1 Å². The van der Waals surface area contributed by atoms with Crippen LogP contribution in [-0.2, 0) is 10.0 Å². The van der Waals surface area contributed by atoms with Gasteiger partial charge in [-0.2, -0.15) is 0 Å². The fourth-order valence-corrected chi connectivity index (χ4v) is 3.98. The SMILES string of the molecule is Cc1ccc(NS(=O)(=O)c2ccc(NC(=O)c3ccc(I)cc3)cc2)cc1Cl. The van der Waals surface area contributed by atoms with Crippen LogP contribution in [-0.4, -0.2) is 14.3 Å². The Bertz CT molecular complexity index is 1120.